The molecule has 2 aromatic carbocycles. The van der Waals surface area contributed by atoms with E-state index >= 15 is 0 Å². The lowest BCUT2D eigenvalue weighted by Crippen LogP contribution is -2.27. The van der Waals surface area contributed by atoms with E-state index in [1.54, 1.807) is 4.68 Å². The number of carbonyl (C=O) groups excluding carboxylic acids is 1. The normalized spacial score (nSPS) is 16.0. The minimum atomic E-state index is -0.243. The molecule has 6 nitrogen and oxygen atoms in total. The van der Waals surface area contributed by atoms with Gasteiger partial charge < -0.3 is 10.1 Å². The number of nitrogens with zero attached hydrogens (tertiary/aromatic N) is 3. The van der Waals surface area contributed by atoms with E-state index in [0.29, 0.717) is 29.5 Å². The Hall–Kier alpha value is -2.70. The van der Waals surface area contributed by atoms with E-state index in [-0.39, 0.29) is 18.6 Å². The van der Waals surface area contributed by atoms with Gasteiger partial charge in [-0.15, -0.1) is 5.10 Å². The van der Waals surface area contributed by atoms with Crippen LogP contribution < -0.4 is 5.32 Å². The molecule has 1 aliphatic heterocycles. The minimum Gasteiger partial charge on any atom is -0.365 e. The lowest BCUT2D eigenvalue weighted by molar-refractivity contribution is -0.00177. The molecule has 1 N–H and O–H groups in total. The number of fused-ring (bicyclic) bond motifs is 1. The molecule has 0 saturated carbocycles. The molecular weight excluding hydrogens is 364 g/mol. The summed E-state index contributed by atoms with van der Waals surface area (Å²) < 4.78 is 7.68. The van der Waals surface area contributed by atoms with Gasteiger partial charge in [0.25, 0.3) is 5.91 Å². The minimum absolute atomic E-state index is 0.139. The van der Waals surface area contributed by atoms with Crippen LogP contribution in [0.4, 0.5) is 0 Å². The molecular formula is C20H19ClN4O2. The van der Waals surface area contributed by atoms with Crippen molar-refractivity contribution < 1.29 is 9.53 Å². The Morgan fingerprint density at radius 3 is 2.81 bits per heavy atom. The van der Waals surface area contributed by atoms with Crippen molar-refractivity contribution >= 4 is 17.5 Å². The van der Waals surface area contributed by atoms with E-state index in [2.05, 4.69) is 15.6 Å². The lowest BCUT2D eigenvalue weighted by atomic mass is 10.1. The molecule has 1 aliphatic rings. The highest BCUT2D eigenvalue weighted by Gasteiger charge is 2.27. The van der Waals surface area contributed by atoms with Gasteiger partial charge in [0.1, 0.15) is 6.10 Å². The molecule has 0 fully saturated rings. The van der Waals surface area contributed by atoms with Crippen molar-refractivity contribution in [1.29, 1.82) is 0 Å². The quantitative estimate of drug-likeness (QED) is 0.750. The highest BCUT2D eigenvalue weighted by Crippen LogP contribution is 2.27. The molecule has 138 valence electrons. The fraction of sp³-hybridized carbons (Fsp3) is 0.250. The third-order valence-corrected chi connectivity index (χ3v) is 5.01. The third kappa shape index (κ3) is 3.72. The summed E-state index contributed by atoms with van der Waals surface area (Å²) in [4.78, 5) is 12.6. The Morgan fingerprint density at radius 2 is 2.04 bits per heavy atom. The molecule has 0 unspecified atom stereocenters. The maximum atomic E-state index is 12.6. The highest BCUT2D eigenvalue weighted by atomic mass is 35.5. The summed E-state index contributed by atoms with van der Waals surface area (Å²) in [7, 11) is 0. The van der Waals surface area contributed by atoms with Crippen LogP contribution >= 0.6 is 11.6 Å². The van der Waals surface area contributed by atoms with E-state index < -0.39 is 0 Å². The fourth-order valence-electron chi connectivity index (χ4n) is 3.13. The number of nitrogens with one attached hydrogen (secondary N) is 1. The Bertz CT molecular complexity index is 968. The molecule has 3 aromatic rings. The number of carbonyl (C=O) groups is 1. The molecule has 2 heterocycles. The monoisotopic (exact) mass is 382 g/mol. The summed E-state index contributed by atoms with van der Waals surface area (Å²) in [5, 5.41) is 11.8. The lowest BCUT2D eigenvalue weighted by Gasteiger charge is -2.24. The standard InChI is InChI=1S/C20H19ClN4O2/c1-13-4-2-3-5-15(13)10-22-20(26)19-17-12-27-18(11-25(17)24-23-19)14-6-8-16(21)9-7-14/h2-9,18H,10-12H2,1H3,(H,22,26)/t18-/m0/s1. The second-order valence-electron chi connectivity index (χ2n) is 6.53. The second kappa shape index (κ2) is 7.50. The van der Waals surface area contributed by atoms with Gasteiger partial charge in [0.15, 0.2) is 5.69 Å². The Balaban J connectivity index is 1.45. The van der Waals surface area contributed by atoms with E-state index in [1.165, 1.54) is 0 Å². The van der Waals surface area contributed by atoms with Gasteiger partial charge in [-0.25, -0.2) is 4.68 Å². The average Bonchev–Trinajstić information content (AvgIpc) is 3.11. The maximum absolute atomic E-state index is 12.6. The van der Waals surface area contributed by atoms with Crippen molar-refractivity contribution in [2.45, 2.75) is 32.7 Å². The van der Waals surface area contributed by atoms with Crippen LogP contribution in [0.15, 0.2) is 48.5 Å². The number of ether oxygens (including phenoxy) is 1. The van der Waals surface area contributed by atoms with Crippen LogP contribution in [0.5, 0.6) is 0 Å². The number of hydrogen-bond acceptors (Lipinski definition) is 4. The van der Waals surface area contributed by atoms with Gasteiger partial charge in [-0.3, -0.25) is 4.79 Å². The number of rotatable bonds is 4. The van der Waals surface area contributed by atoms with Crippen LogP contribution in [0.1, 0.15) is 39.0 Å². The molecule has 0 bridgehead atoms. The fourth-order valence-corrected chi connectivity index (χ4v) is 3.26. The van der Waals surface area contributed by atoms with Crippen molar-refractivity contribution in [3.8, 4) is 0 Å². The Labute approximate surface area is 162 Å². The summed E-state index contributed by atoms with van der Waals surface area (Å²) in [6, 6.07) is 15.5. The number of benzene rings is 2. The first-order valence-corrected chi connectivity index (χ1v) is 9.12. The number of aromatic nitrogens is 3. The van der Waals surface area contributed by atoms with Crippen LogP contribution in [-0.2, 0) is 24.4 Å². The second-order valence-corrected chi connectivity index (χ2v) is 6.96. The molecule has 1 atom stereocenters. The van der Waals surface area contributed by atoms with Crippen LogP contribution in [-0.4, -0.2) is 20.9 Å². The van der Waals surface area contributed by atoms with Crippen LogP contribution in [0.25, 0.3) is 0 Å². The number of aryl methyl sites for hydroxylation is 1. The summed E-state index contributed by atoms with van der Waals surface area (Å²) >= 11 is 5.94. The first-order valence-electron chi connectivity index (χ1n) is 8.74. The van der Waals surface area contributed by atoms with Crippen molar-refractivity contribution in [1.82, 2.24) is 20.3 Å². The zero-order valence-electron chi connectivity index (χ0n) is 14.9. The largest absolute Gasteiger partial charge is 0.365 e. The number of hydrogen-bond donors (Lipinski definition) is 1. The van der Waals surface area contributed by atoms with Crippen LogP contribution in [0.2, 0.25) is 5.02 Å². The van der Waals surface area contributed by atoms with Gasteiger partial charge in [-0.1, -0.05) is 53.2 Å². The van der Waals surface area contributed by atoms with Crippen molar-refractivity contribution in [3.63, 3.8) is 0 Å². The molecule has 4 rings (SSSR count). The van der Waals surface area contributed by atoms with Crippen LogP contribution in [0.3, 0.4) is 0 Å². The van der Waals surface area contributed by atoms with Gasteiger partial charge in [0, 0.05) is 11.6 Å². The first-order chi connectivity index (χ1) is 13.1. The molecule has 1 aromatic heterocycles. The highest BCUT2D eigenvalue weighted by molar-refractivity contribution is 6.30. The predicted molar refractivity (Wildman–Crippen MR) is 101 cm³/mol. The SMILES string of the molecule is Cc1ccccc1CNC(=O)c1nnn2c1CO[C@H](c1ccc(Cl)cc1)C2. The van der Waals surface area contributed by atoms with Crippen LogP contribution in [0, 0.1) is 6.92 Å². The van der Waals surface area contributed by atoms with Gasteiger partial charge in [0.2, 0.25) is 0 Å². The molecule has 0 radical (unpaired) electrons. The smallest absolute Gasteiger partial charge is 0.274 e. The van der Waals surface area contributed by atoms with E-state index in [4.69, 9.17) is 16.3 Å². The van der Waals surface area contributed by atoms with Crippen molar-refractivity contribution in [2.75, 3.05) is 0 Å². The van der Waals surface area contributed by atoms with Gasteiger partial charge in [0.05, 0.1) is 18.8 Å². The summed E-state index contributed by atoms with van der Waals surface area (Å²) in [6.45, 7) is 3.26. The molecule has 0 spiro atoms. The van der Waals surface area contributed by atoms with Gasteiger partial charge >= 0.3 is 0 Å². The molecule has 0 aliphatic carbocycles. The number of amides is 1. The number of halogens is 1. The van der Waals surface area contributed by atoms with E-state index in [9.17, 15) is 4.79 Å². The maximum Gasteiger partial charge on any atom is 0.274 e. The predicted octanol–water partition coefficient (Wildman–Crippen LogP) is 3.44. The van der Waals surface area contributed by atoms with Crippen molar-refractivity contribution in [2.24, 2.45) is 0 Å². The average molecular weight is 383 g/mol. The van der Waals surface area contributed by atoms with Gasteiger partial charge in [-0.05, 0) is 35.7 Å². The van der Waals surface area contributed by atoms with E-state index in [1.807, 2.05) is 55.5 Å². The summed E-state index contributed by atoms with van der Waals surface area (Å²) in [5.74, 6) is -0.243. The molecule has 0 saturated heterocycles. The Kier molecular flexibility index (Phi) is 4.92. The molecule has 27 heavy (non-hydrogen) atoms. The van der Waals surface area contributed by atoms with E-state index in [0.717, 1.165) is 16.7 Å². The topological polar surface area (TPSA) is 69.0 Å². The molecule has 1 amide bonds. The molecule has 7 heteroatoms. The van der Waals surface area contributed by atoms with Crippen molar-refractivity contribution in [3.05, 3.63) is 81.6 Å². The summed E-state index contributed by atoms with van der Waals surface area (Å²) in [6.07, 6.45) is -0.139. The zero-order valence-corrected chi connectivity index (χ0v) is 15.6. The Morgan fingerprint density at radius 1 is 1.26 bits per heavy atom. The van der Waals surface area contributed by atoms with Gasteiger partial charge in [-0.2, -0.15) is 0 Å². The third-order valence-electron chi connectivity index (χ3n) is 4.76. The first kappa shape index (κ1) is 17.7. The summed E-state index contributed by atoms with van der Waals surface area (Å²) in [5.41, 5.74) is 4.25. The zero-order chi connectivity index (χ0) is 18.8.